The Morgan fingerprint density at radius 1 is 1.24 bits per heavy atom. The predicted molar refractivity (Wildman–Crippen MR) is 169 cm³/mol. The molecule has 2 N–H and O–H groups in total. The lowest BCUT2D eigenvalue weighted by Crippen LogP contribution is -2.44. The van der Waals surface area contributed by atoms with E-state index in [0.717, 1.165) is 48.9 Å². The Kier molecular flexibility index (Phi) is 10.2. The minimum atomic E-state index is -0.960. The van der Waals surface area contributed by atoms with Gasteiger partial charge in [0, 0.05) is 35.7 Å². The van der Waals surface area contributed by atoms with Crippen molar-refractivity contribution in [3.05, 3.63) is 69.8 Å². The number of rotatable bonds is 6. The lowest BCUT2D eigenvalue weighted by Gasteiger charge is -2.31. The molecule has 2 saturated heterocycles. The molecule has 2 fully saturated rings. The number of carboxylic acids is 1. The molecule has 2 unspecified atom stereocenters. The summed E-state index contributed by atoms with van der Waals surface area (Å²) in [6.45, 7) is 20.9. The molecule has 2 atom stereocenters. The van der Waals surface area contributed by atoms with Gasteiger partial charge in [0.1, 0.15) is 5.60 Å². The molecule has 1 spiro atoms. The number of piperidine rings is 1. The monoisotopic (exact) mass is 602 g/mol. The fourth-order valence-electron chi connectivity index (χ4n) is 5.25. The highest BCUT2D eigenvalue weighted by atomic mass is 35.5. The molecule has 1 amide bonds. The van der Waals surface area contributed by atoms with E-state index in [1.807, 2.05) is 4.68 Å². The maximum absolute atomic E-state index is 12.1. The smallest absolute Gasteiger partial charge is 0.415 e. The number of amides is 1. The van der Waals surface area contributed by atoms with Gasteiger partial charge in [0.05, 0.1) is 23.3 Å². The van der Waals surface area contributed by atoms with Crippen molar-refractivity contribution in [2.24, 2.45) is 0 Å². The Morgan fingerprint density at radius 2 is 1.88 bits per heavy atom. The molecule has 10 heteroatoms. The van der Waals surface area contributed by atoms with Gasteiger partial charge >= 0.3 is 12.1 Å². The number of anilines is 1. The third-order valence-corrected chi connectivity index (χ3v) is 8.85. The summed E-state index contributed by atoms with van der Waals surface area (Å²) in [5, 5.41) is 18.2. The van der Waals surface area contributed by atoms with E-state index in [1.54, 1.807) is 29.5 Å². The zero-order chi connectivity index (χ0) is 30.8. The summed E-state index contributed by atoms with van der Waals surface area (Å²) in [5.41, 5.74) is 5.94. The Labute approximate surface area is 251 Å². The van der Waals surface area contributed by atoms with E-state index in [0.29, 0.717) is 17.8 Å². The number of aryl methyl sites for hydroxylation is 2. The lowest BCUT2D eigenvalue weighted by atomic mass is 9.76. The first-order valence-electron chi connectivity index (χ1n) is 13.9. The Balaban J connectivity index is 0.000000226. The molecule has 3 heterocycles. The number of carboxylic acid groups (broad SMARTS) is 1. The molecule has 224 valence electrons. The number of hydrogen-bond donors (Lipinski definition) is 2. The van der Waals surface area contributed by atoms with Crippen molar-refractivity contribution in [2.45, 2.75) is 84.3 Å². The second kappa shape index (κ2) is 12.7. The van der Waals surface area contributed by atoms with Gasteiger partial charge in [-0.25, -0.2) is 9.59 Å². The fraction of sp³-hybridized carbons (Fsp3) is 0.516. The molecule has 41 heavy (non-hydrogen) atoms. The van der Waals surface area contributed by atoms with Gasteiger partial charge in [-0.3, -0.25) is 9.58 Å². The van der Waals surface area contributed by atoms with Gasteiger partial charge in [0.2, 0.25) is 0 Å². The van der Waals surface area contributed by atoms with Crippen molar-refractivity contribution in [1.29, 1.82) is 0 Å². The van der Waals surface area contributed by atoms with Crippen LogP contribution in [0.4, 0.5) is 10.5 Å². The highest BCUT2D eigenvalue weighted by Crippen LogP contribution is 2.40. The number of hydrogen-bond acceptors (Lipinski definition) is 5. The van der Waals surface area contributed by atoms with Crippen LogP contribution in [0.2, 0.25) is 0 Å². The molecule has 0 radical (unpaired) electrons. The van der Waals surface area contributed by atoms with Crippen LogP contribution in [-0.2, 0) is 15.7 Å². The summed E-state index contributed by atoms with van der Waals surface area (Å²) in [5.74, 6) is -0.960. The van der Waals surface area contributed by atoms with Crippen molar-refractivity contribution in [3.8, 4) is 0 Å². The van der Waals surface area contributed by atoms with Crippen LogP contribution >= 0.6 is 20.8 Å². The molecule has 0 saturated carbocycles. The minimum Gasteiger partial charge on any atom is -0.478 e. The van der Waals surface area contributed by atoms with Crippen molar-refractivity contribution < 1.29 is 19.4 Å². The van der Waals surface area contributed by atoms with Crippen LogP contribution in [0.15, 0.2) is 47.4 Å². The number of aromatic carboxylic acids is 1. The SMILES string of the molecule is C=C(C)C(C)(C/C(P)=C/Cl)c1nn(C(C)(C)C)cc1C.Cc1cc(N2CC3(CCNCC3)OC2=O)ccc1C(=O)O. The second-order valence-corrected chi connectivity index (χ2v) is 13.4. The fourth-order valence-corrected chi connectivity index (χ4v) is 5.74. The molecular weight excluding hydrogens is 559 g/mol. The van der Waals surface area contributed by atoms with E-state index in [9.17, 15) is 9.59 Å². The molecule has 1 aromatic heterocycles. The van der Waals surface area contributed by atoms with E-state index in [1.165, 1.54) is 11.6 Å². The van der Waals surface area contributed by atoms with Crippen LogP contribution < -0.4 is 10.2 Å². The quantitative estimate of drug-likeness (QED) is 0.276. The van der Waals surface area contributed by atoms with Gasteiger partial charge in [-0.05, 0) is 103 Å². The van der Waals surface area contributed by atoms with Crippen LogP contribution in [0, 0.1) is 13.8 Å². The molecule has 2 aliphatic heterocycles. The van der Waals surface area contributed by atoms with Crippen molar-refractivity contribution in [1.82, 2.24) is 15.1 Å². The summed E-state index contributed by atoms with van der Waals surface area (Å²) in [7, 11) is 2.69. The largest absolute Gasteiger partial charge is 0.478 e. The first-order valence-corrected chi connectivity index (χ1v) is 14.9. The maximum Gasteiger partial charge on any atom is 0.415 e. The average Bonchev–Trinajstić information content (AvgIpc) is 3.44. The Hall–Kier alpha value is -2.67. The molecule has 1 aromatic carbocycles. The molecular formula is C31H44ClN4O4P. The van der Waals surface area contributed by atoms with Crippen molar-refractivity contribution in [2.75, 3.05) is 24.5 Å². The highest BCUT2D eigenvalue weighted by molar-refractivity contribution is 7.22. The number of ether oxygens (including phenoxy) is 1. The van der Waals surface area contributed by atoms with Gasteiger partial charge in [-0.15, -0.1) is 9.24 Å². The molecule has 8 nitrogen and oxygen atoms in total. The van der Waals surface area contributed by atoms with Crippen LogP contribution in [0.5, 0.6) is 0 Å². The number of carbonyl (C=O) groups excluding carboxylic acids is 1. The molecule has 0 aliphatic carbocycles. The normalized spacial score (nSPS) is 18.4. The molecule has 4 rings (SSSR count). The third-order valence-electron chi connectivity index (χ3n) is 7.98. The molecule has 2 aliphatic rings. The van der Waals surface area contributed by atoms with Gasteiger partial charge in [0.15, 0.2) is 0 Å². The number of halogens is 1. The van der Waals surface area contributed by atoms with Gasteiger partial charge in [0.25, 0.3) is 0 Å². The predicted octanol–water partition coefficient (Wildman–Crippen LogP) is 6.90. The van der Waals surface area contributed by atoms with E-state index < -0.39 is 11.6 Å². The third kappa shape index (κ3) is 7.40. The molecule has 0 bridgehead atoms. The van der Waals surface area contributed by atoms with Crippen LogP contribution in [0.3, 0.4) is 0 Å². The summed E-state index contributed by atoms with van der Waals surface area (Å²) in [6, 6.07) is 4.93. The summed E-state index contributed by atoms with van der Waals surface area (Å²) in [6.07, 6.45) is 4.18. The number of benzene rings is 1. The standard InChI is InChI=1S/C16H26ClN2P.C15H18N2O4/c1-11(2)16(7,8-13(20)9-17)14-12(3)10-19(18-14)15(4,5)6;1-10-8-11(2-3-12(10)13(18)19)17-9-15(21-14(17)20)4-6-16-7-5-15/h9-10H,1,8,20H2,2-7H3;2-3,8,16H,4-7,9H2,1H3,(H,18,19)/b13-9-;. The number of nitrogens with zero attached hydrogens (tertiary/aromatic N) is 3. The van der Waals surface area contributed by atoms with Crippen molar-refractivity contribution in [3.63, 3.8) is 0 Å². The number of nitrogens with one attached hydrogen (secondary N) is 1. The van der Waals surface area contributed by atoms with Crippen LogP contribution in [0.25, 0.3) is 0 Å². The van der Waals surface area contributed by atoms with Crippen LogP contribution in [-0.4, -0.2) is 52.2 Å². The van der Waals surface area contributed by atoms with E-state index in [2.05, 4.69) is 68.9 Å². The molecule has 2 aromatic rings. The lowest BCUT2D eigenvalue weighted by molar-refractivity contribution is 0.0316. The Morgan fingerprint density at radius 3 is 2.37 bits per heavy atom. The highest BCUT2D eigenvalue weighted by Gasteiger charge is 2.46. The first kappa shape index (κ1) is 32.8. The number of carbonyl (C=O) groups is 2. The maximum atomic E-state index is 12.1. The summed E-state index contributed by atoms with van der Waals surface area (Å²) < 4.78 is 7.64. The van der Waals surface area contributed by atoms with E-state index in [-0.39, 0.29) is 22.6 Å². The summed E-state index contributed by atoms with van der Waals surface area (Å²) >= 11 is 5.83. The Bertz CT molecular complexity index is 1340. The average molecular weight is 603 g/mol. The summed E-state index contributed by atoms with van der Waals surface area (Å²) in [4.78, 5) is 24.8. The van der Waals surface area contributed by atoms with Crippen molar-refractivity contribution >= 4 is 38.6 Å². The zero-order valence-corrected chi connectivity index (χ0v) is 27.2. The van der Waals surface area contributed by atoms with Gasteiger partial charge < -0.3 is 15.2 Å². The second-order valence-electron chi connectivity index (χ2n) is 12.4. The minimum absolute atomic E-state index is 0.0227. The number of allylic oxidation sites excluding steroid dienone is 2. The van der Waals surface area contributed by atoms with Crippen LogP contribution in [0.1, 0.15) is 81.1 Å². The van der Waals surface area contributed by atoms with Gasteiger partial charge in [-0.1, -0.05) is 23.8 Å². The first-order chi connectivity index (χ1) is 19.0. The van der Waals surface area contributed by atoms with E-state index in [4.69, 9.17) is 26.5 Å². The van der Waals surface area contributed by atoms with Gasteiger partial charge in [-0.2, -0.15) is 5.10 Å². The topological polar surface area (TPSA) is 96.7 Å². The van der Waals surface area contributed by atoms with E-state index >= 15 is 0 Å². The number of aromatic nitrogens is 2. The zero-order valence-electron chi connectivity index (χ0n) is 25.3.